The monoisotopic (exact) mass is 335 g/mol. The normalized spacial score (nSPS) is 13.3. The van der Waals surface area contributed by atoms with E-state index < -0.39 is 29.8 Å². The molecule has 0 aliphatic carbocycles. The van der Waals surface area contributed by atoms with Gasteiger partial charge in [0.1, 0.15) is 11.9 Å². The molecule has 0 spiro atoms. The number of aliphatic hydroxyl groups is 1. The van der Waals surface area contributed by atoms with Crippen molar-refractivity contribution in [1.29, 1.82) is 0 Å². The predicted octanol–water partition coefficient (Wildman–Crippen LogP) is 1.01. The van der Waals surface area contributed by atoms with E-state index in [1.165, 1.54) is 18.5 Å². The highest BCUT2D eigenvalue weighted by molar-refractivity contribution is 5.87. The summed E-state index contributed by atoms with van der Waals surface area (Å²) in [5.74, 6) is -2.60. The lowest BCUT2D eigenvalue weighted by molar-refractivity contribution is -0.143. The van der Waals surface area contributed by atoms with E-state index in [1.807, 2.05) is 0 Å². The maximum atomic E-state index is 13.1. The standard InChI is InChI=1S/C16H18FN3O4/c1-8-5-10(17)3-4-11(8)14(21)15(22)20-13(16(23)24)6-12-9(2)18-7-19-12/h3-5,7,13-14,21H,6H2,1-2H3,(H,18,19)(H,20,22)(H,23,24). The van der Waals surface area contributed by atoms with E-state index in [-0.39, 0.29) is 12.0 Å². The summed E-state index contributed by atoms with van der Waals surface area (Å²) in [5, 5.41) is 21.7. The Morgan fingerprint density at radius 1 is 1.38 bits per heavy atom. The molecule has 8 heteroatoms. The van der Waals surface area contributed by atoms with Gasteiger partial charge in [-0.15, -0.1) is 0 Å². The first-order valence-corrected chi connectivity index (χ1v) is 7.25. The fourth-order valence-electron chi connectivity index (χ4n) is 2.32. The van der Waals surface area contributed by atoms with Crippen molar-refractivity contribution in [2.24, 2.45) is 0 Å². The second kappa shape index (κ2) is 7.22. The third-order valence-corrected chi connectivity index (χ3v) is 3.72. The molecular weight excluding hydrogens is 317 g/mol. The number of H-pyrrole nitrogens is 1. The Hall–Kier alpha value is -2.74. The molecule has 24 heavy (non-hydrogen) atoms. The van der Waals surface area contributed by atoms with Crippen LogP contribution in [0.25, 0.3) is 0 Å². The Kier molecular flexibility index (Phi) is 5.30. The maximum Gasteiger partial charge on any atom is 0.326 e. The molecule has 2 atom stereocenters. The maximum absolute atomic E-state index is 13.1. The number of carbonyl (C=O) groups excluding carboxylic acids is 1. The van der Waals surface area contributed by atoms with Crippen LogP contribution in [-0.2, 0) is 16.0 Å². The van der Waals surface area contributed by atoms with Gasteiger partial charge in [-0.05, 0) is 37.1 Å². The van der Waals surface area contributed by atoms with Crippen LogP contribution < -0.4 is 5.32 Å². The number of aliphatic carboxylic acids is 1. The summed E-state index contributed by atoms with van der Waals surface area (Å²) in [7, 11) is 0. The molecule has 128 valence electrons. The van der Waals surface area contributed by atoms with E-state index in [4.69, 9.17) is 0 Å². The summed E-state index contributed by atoms with van der Waals surface area (Å²) in [4.78, 5) is 30.3. The smallest absolute Gasteiger partial charge is 0.326 e. The first-order chi connectivity index (χ1) is 11.3. The highest BCUT2D eigenvalue weighted by Crippen LogP contribution is 2.19. The lowest BCUT2D eigenvalue weighted by atomic mass is 10.0. The molecule has 0 aliphatic heterocycles. The summed E-state index contributed by atoms with van der Waals surface area (Å²) in [6, 6.07) is 2.37. The number of aliphatic hydroxyl groups excluding tert-OH is 1. The van der Waals surface area contributed by atoms with Crippen LogP contribution in [0.15, 0.2) is 24.5 Å². The molecule has 1 aromatic heterocycles. The van der Waals surface area contributed by atoms with Crippen LogP contribution >= 0.6 is 0 Å². The minimum atomic E-state index is -1.59. The third kappa shape index (κ3) is 3.96. The van der Waals surface area contributed by atoms with E-state index in [2.05, 4.69) is 15.3 Å². The molecule has 2 rings (SSSR count). The van der Waals surface area contributed by atoms with Crippen LogP contribution in [0.3, 0.4) is 0 Å². The minimum Gasteiger partial charge on any atom is -0.480 e. The fraction of sp³-hybridized carbons (Fsp3) is 0.312. The zero-order valence-electron chi connectivity index (χ0n) is 13.2. The van der Waals surface area contributed by atoms with E-state index in [1.54, 1.807) is 13.8 Å². The molecule has 0 aliphatic rings. The van der Waals surface area contributed by atoms with Gasteiger partial charge in [-0.2, -0.15) is 0 Å². The van der Waals surface area contributed by atoms with E-state index in [0.717, 1.165) is 6.07 Å². The SMILES string of the molecule is Cc1cc(F)ccc1C(O)C(=O)NC(Cc1nc[nH]c1C)C(=O)O. The lowest BCUT2D eigenvalue weighted by Crippen LogP contribution is -2.44. The number of carboxylic acids is 1. The number of carboxylic acid groups (broad SMARTS) is 1. The summed E-state index contributed by atoms with van der Waals surface area (Å²) in [6.07, 6.45) is -0.180. The molecule has 7 nitrogen and oxygen atoms in total. The molecule has 0 fully saturated rings. The first-order valence-electron chi connectivity index (χ1n) is 7.25. The number of aromatic amines is 1. The number of benzene rings is 1. The van der Waals surface area contributed by atoms with Gasteiger partial charge in [-0.1, -0.05) is 6.07 Å². The van der Waals surface area contributed by atoms with E-state index in [9.17, 15) is 24.2 Å². The highest BCUT2D eigenvalue weighted by atomic mass is 19.1. The molecule has 0 bridgehead atoms. The summed E-state index contributed by atoms with van der Waals surface area (Å²) in [6.45, 7) is 3.29. The number of aryl methyl sites for hydroxylation is 2. The van der Waals surface area contributed by atoms with Crippen molar-refractivity contribution < 1.29 is 24.2 Å². The quantitative estimate of drug-likeness (QED) is 0.629. The molecule has 2 unspecified atom stereocenters. The Morgan fingerprint density at radius 3 is 2.62 bits per heavy atom. The van der Waals surface area contributed by atoms with Crippen LogP contribution in [-0.4, -0.2) is 38.1 Å². The van der Waals surface area contributed by atoms with Crippen molar-refractivity contribution >= 4 is 11.9 Å². The average Bonchev–Trinajstić information content (AvgIpc) is 2.91. The van der Waals surface area contributed by atoms with Gasteiger partial charge in [0, 0.05) is 12.1 Å². The van der Waals surface area contributed by atoms with Crippen LogP contribution in [0.4, 0.5) is 4.39 Å². The third-order valence-electron chi connectivity index (χ3n) is 3.72. The molecule has 2 aromatic rings. The first kappa shape index (κ1) is 17.6. The molecular formula is C16H18FN3O4. The summed E-state index contributed by atoms with van der Waals surface area (Å²) < 4.78 is 13.1. The second-order valence-corrected chi connectivity index (χ2v) is 5.48. The zero-order valence-corrected chi connectivity index (χ0v) is 13.2. The van der Waals surface area contributed by atoms with Gasteiger partial charge in [-0.25, -0.2) is 14.2 Å². The van der Waals surface area contributed by atoms with Gasteiger partial charge in [-0.3, -0.25) is 4.79 Å². The Morgan fingerprint density at radius 2 is 2.08 bits per heavy atom. The number of halogens is 1. The number of hydrogen-bond acceptors (Lipinski definition) is 4. The zero-order chi connectivity index (χ0) is 17.9. The molecule has 1 amide bonds. The van der Waals surface area contributed by atoms with Crippen molar-refractivity contribution in [2.75, 3.05) is 0 Å². The number of aromatic nitrogens is 2. The van der Waals surface area contributed by atoms with Crippen LogP contribution in [0.1, 0.15) is 28.6 Å². The summed E-state index contributed by atoms with van der Waals surface area (Å²) >= 11 is 0. The van der Waals surface area contributed by atoms with Crippen molar-refractivity contribution in [1.82, 2.24) is 15.3 Å². The Bertz CT molecular complexity index is 760. The van der Waals surface area contributed by atoms with Gasteiger partial charge in [0.2, 0.25) is 0 Å². The van der Waals surface area contributed by atoms with Gasteiger partial charge < -0.3 is 20.5 Å². The summed E-state index contributed by atoms with van der Waals surface area (Å²) in [5.41, 5.74) is 1.82. The van der Waals surface area contributed by atoms with Gasteiger partial charge in [0.05, 0.1) is 12.0 Å². The van der Waals surface area contributed by atoms with Gasteiger partial charge in [0.25, 0.3) is 5.91 Å². The number of imidazole rings is 1. The molecule has 0 radical (unpaired) electrons. The molecule has 4 N–H and O–H groups in total. The Balaban J connectivity index is 2.12. The predicted molar refractivity (Wildman–Crippen MR) is 82.7 cm³/mol. The second-order valence-electron chi connectivity index (χ2n) is 5.48. The Labute approximate surface area is 137 Å². The highest BCUT2D eigenvalue weighted by Gasteiger charge is 2.27. The van der Waals surface area contributed by atoms with Crippen molar-refractivity contribution in [3.05, 3.63) is 52.9 Å². The molecule has 1 heterocycles. The van der Waals surface area contributed by atoms with Gasteiger partial charge >= 0.3 is 5.97 Å². The van der Waals surface area contributed by atoms with Gasteiger partial charge in [0.15, 0.2) is 6.10 Å². The fourth-order valence-corrected chi connectivity index (χ4v) is 2.32. The molecule has 1 aromatic carbocycles. The van der Waals surface area contributed by atoms with E-state index >= 15 is 0 Å². The number of nitrogens with one attached hydrogen (secondary N) is 2. The van der Waals surface area contributed by atoms with Crippen LogP contribution in [0.5, 0.6) is 0 Å². The minimum absolute atomic E-state index is 0.0223. The topological polar surface area (TPSA) is 115 Å². The van der Waals surface area contributed by atoms with Crippen molar-refractivity contribution in [2.45, 2.75) is 32.4 Å². The number of hydrogen-bond donors (Lipinski definition) is 4. The van der Waals surface area contributed by atoms with Crippen LogP contribution in [0.2, 0.25) is 0 Å². The average molecular weight is 335 g/mol. The van der Waals surface area contributed by atoms with Crippen molar-refractivity contribution in [3.8, 4) is 0 Å². The molecule has 0 saturated heterocycles. The number of amides is 1. The number of carbonyl (C=O) groups is 2. The largest absolute Gasteiger partial charge is 0.480 e. The van der Waals surface area contributed by atoms with Crippen molar-refractivity contribution in [3.63, 3.8) is 0 Å². The van der Waals surface area contributed by atoms with E-state index in [0.29, 0.717) is 17.0 Å². The molecule has 0 saturated carbocycles. The van der Waals surface area contributed by atoms with Crippen LogP contribution in [0, 0.1) is 19.7 Å². The number of rotatable bonds is 6. The number of nitrogens with zero attached hydrogens (tertiary/aromatic N) is 1. The lowest BCUT2D eigenvalue weighted by Gasteiger charge is -2.18.